The van der Waals surface area contributed by atoms with Crippen LogP contribution in [0.2, 0.25) is 0 Å². The van der Waals surface area contributed by atoms with Gasteiger partial charge in [-0.25, -0.2) is 0 Å². The summed E-state index contributed by atoms with van der Waals surface area (Å²) in [7, 11) is 0.220. The van der Waals surface area contributed by atoms with Crippen molar-refractivity contribution < 1.29 is 5.48 Å². The van der Waals surface area contributed by atoms with Gasteiger partial charge in [0.1, 0.15) is 0 Å². The molecule has 0 spiro atoms. The molecule has 2 rings (SSSR count). The maximum absolute atomic E-state index is 2.32. The molecule has 1 aromatic carbocycles. The molecule has 3 heteroatoms. The van der Waals surface area contributed by atoms with Crippen LogP contribution in [0.25, 0.3) is 10.1 Å². The Morgan fingerprint density at radius 2 is 1.68 bits per heavy atom. The molecule has 0 atom stereocenters. The Hall–Kier alpha value is -0.430. The summed E-state index contributed by atoms with van der Waals surface area (Å²) in [6, 6.07) is 8.85. The highest BCUT2D eigenvalue weighted by molar-refractivity contribution is 7.57. The smallest absolute Gasteiger partial charge is 0.0348 e. The van der Waals surface area contributed by atoms with Gasteiger partial charge in [0.15, 0.2) is 0 Å². The summed E-state index contributed by atoms with van der Waals surface area (Å²) < 4.78 is 1.47. The lowest BCUT2D eigenvalue weighted by Crippen LogP contribution is -1.92. The number of rotatable bonds is 6. The van der Waals surface area contributed by atoms with Gasteiger partial charge in [0, 0.05) is 15.7 Å². The standard InChI is InChI=1S/C16H23PS.H2O/c1-4-10-17(11-5-2)12-16-13(3)14-8-6-7-9-15(14)18-16;/h6-9H,4-5,10-12H2,1-3H3;1H2. The second kappa shape index (κ2) is 7.99. The zero-order valence-corrected chi connectivity index (χ0v) is 13.9. The fourth-order valence-electron chi connectivity index (χ4n) is 2.48. The van der Waals surface area contributed by atoms with Crippen molar-refractivity contribution in [3.63, 3.8) is 0 Å². The quantitative estimate of drug-likeness (QED) is 0.657. The molecule has 0 unspecified atom stereocenters. The van der Waals surface area contributed by atoms with Gasteiger partial charge < -0.3 is 5.48 Å². The number of hydrogen-bond donors (Lipinski definition) is 0. The first-order valence-electron chi connectivity index (χ1n) is 6.95. The first kappa shape index (κ1) is 16.6. The van der Waals surface area contributed by atoms with Crippen LogP contribution in [0, 0.1) is 6.92 Å². The largest absolute Gasteiger partial charge is 0.412 e. The van der Waals surface area contributed by atoms with Crippen molar-refractivity contribution in [1.82, 2.24) is 0 Å². The Balaban J connectivity index is 0.00000180. The Bertz CT molecular complexity index is 500. The van der Waals surface area contributed by atoms with Crippen molar-refractivity contribution in [1.29, 1.82) is 0 Å². The van der Waals surface area contributed by atoms with Crippen LogP contribution in [-0.2, 0) is 6.16 Å². The molecule has 0 amide bonds. The summed E-state index contributed by atoms with van der Waals surface area (Å²) in [5, 5.41) is 1.47. The van der Waals surface area contributed by atoms with E-state index in [1.54, 1.807) is 4.88 Å². The van der Waals surface area contributed by atoms with Crippen LogP contribution in [0.15, 0.2) is 24.3 Å². The second-order valence-corrected chi connectivity index (χ2v) is 8.61. The van der Waals surface area contributed by atoms with Crippen molar-refractivity contribution >= 4 is 29.3 Å². The highest BCUT2D eigenvalue weighted by Gasteiger charge is 2.13. The Morgan fingerprint density at radius 3 is 2.26 bits per heavy atom. The number of aryl methyl sites for hydroxylation is 1. The van der Waals surface area contributed by atoms with Crippen LogP contribution in [-0.4, -0.2) is 17.8 Å². The van der Waals surface area contributed by atoms with Crippen molar-refractivity contribution in [3.8, 4) is 0 Å². The predicted molar refractivity (Wildman–Crippen MR) is 91.1 cm³/mol. The van der Waals surface area contributed by atoms with Crippen LogP contribution >= 0.6 is 19.3 Å². The topological polar surface area (TPSA) is 31.5 Å². The van der Waals surface area contributed by atoms with E-state index in [2.05, 4.69) is 45.0 Å². The van der Waals surface area contributed by atoms with Crippen molar-refractivity contribution in [2.24, 2.45) is 0 Å². The summed E-state index contributed by atoms with van der Waals surface area (Å²) in [5.74, 6) is 0. The minimum atomic E-state index is 0. The fourth-order valence-corrected chi connectivity index (χ4v) is 6.74. The number of thiophene rings is 1. The molecule has 2 aromatic rings. The van der Waals surface area contributed by atoms with Crippen LogP contribution in [0.5, 0.6) is 0 Å². The van der Waals surface area contributed by atoms with Gasteiger partial charge in [-0.15, -0.1) is 19.3 Å². The minimum absolute atomic E-state index is 0. The van der Waals surface area contributed by atoms with Crippen LogP contribution < -0.4 is 0 Å². The van der Waals surface area contributed by atoms with E-state index in [9.17, 15) is 0 Å². The molecule has 106 valence electrons. The summed E-state index contributed by atoms with van der Waals surface area (Å²) in [6.45, 7) is 6.95. The lowest BCUT2D eigenvalue weighted by atomic mass is 10.2. The Kier molecular flexibility index (Phi) is 6.99. The van der Waals surface area contributed by atoms with E-state index in [1.807, 2.05) is 11.3 Å². The van der Waals surface area contributed by atoms with E-state index in [1.165, 1.54) is 47.0 Å². The highest BCUT2D eigenvalue weighted by Crippen LogP contribution is 2.44. The van der Waals surface area contributed by atoms with E-state index in [0.29, 0.717) is 0 Å². The van der Waals surface area contributed by atoms with Crippen molar-refractivity contribution in [2.75, 3.05) is 12.3 Å². The molecule has 0 radical (unpaired) electrons. The average Bonchev–Trinajstić information content (AvgIpc) is 2.68. The van der Waals surface area contributed by atoms with Gasteiger partial charge in [-0.1, -0.05) is 44.9 Å². The molecule has 19 heavy (non-hydrogen) atoms. The second-order valence-electron chi connectivity index (χ2n) is 4.92. The first-order valence-corrected chi connectivity index (χ1v) is 9.67. The molecule has 0 aliphatic rings. The maximum Gasteiger partial charge on any atom is 0.0348 e. The van der Waals surface area contributed by atoms with Gasteiger partial charge in [-0.3, -0.25) is 0 Å². The van der Waals surface area contributed by atoms with E-state index in [4.69, 9.17) is 0 Å². The SMILES string of the molecule is CCCP(CCC)Cc1sc2ccccc2c1C.O. The van der Waals surface area contributed by atoms with Gasteiger partial charge in [-0.05, 0) is 36.3 Å². The van der Waals surface area contributed by atoms with Gasteiger partial charge >= 0.3 is 0 Å². The van der Waals surface area contributed by atoms with E-state index in [0.717, 1.165) is 0 Å². The number of hydrogen-bond acceptors (Lipinski definition) is 1. The van der Waals surface area contributed by atoms with Gasteiger partial charge in [0.2, 0.25) is 0 Å². The molecule has 1 nitrogen and oxygen atoms in total. The van der Waals surface area contributed by atoms with Crippen LogP contribution in [0.1, 0.15) is 37.1 Å². The lowest BCUT2D eigenvalue weighted by Gasteiger charge is -2.15. The molecule has 0 fully saturated rings. The van der Waals surface area contributed by atoms with E-state index in [-0.39, 0.29) is 13.4 Å². The minimum Gasteiger partial charge on any atom is -0.412 e. The third-order valence-electron chi connectivity index (χ3n) is 3.39. The third-order valence-corrected chi connectivity index (χ3v) is 7.80. The molecule has 0 saturated heterocycles. The fraction of sp³-hybridized carbons (Fsp3) is 0.500. The highest BCUT2D eigenvalue weighted by atomic mass is 32.1. The Morgan fingerprint density at radius 1 is 1.05 bits per heavy atom. The van der Waals surface area contributed by atoms with Crippen molar-refractivity contribution in [3.05, 3.63) is 34.7 Å². The third kappa shape index (κ3) is 4.02. The average molecular weight is 296 g/mol. The first-order chi connectivity index (χ1) is 8.76. The molecule has 0 bridgehead atoms. The molecule has 0 aliphatic carbocycles. The van der Waals surface area contributed by atoms with E-state index >= 15 is 0 Å². The summed E-state index contributed by atoms with van der Waals surface area (Å²) >= 11 is 2.02. The molecular weight excluding hydrogens is 271 g/mol. The number of benzene rings is 1. The van der Waals surface area contributed by atoms with Gasteiger partial charge in [0.05, 0.1) is 0 Å². The summed E-state index contributed by atoms with van der Waals surface area (Å²) in [6.07, 6.45) is 6.92. The van der Waals surface area contributed by atoms with E-state index < -0.39 is 0 Å². The molecule has 2 N–H and O–H groups in total. The summed E-state index contributed by atoms with van der Waals surface area (Å²) in [5.41, 5.74) is 1.54. The zero-order chi connectivity index (χ0) is 13.0. The molecule has 1 aromatic heterocycles. The predicted octanol–water partition coefficient (Wildman–Crippen LogP) is 5.19. The summed E-state index contributed by atoms with van der Waals surface area (Å²) in [4.78, 5) is 1.64. The maximum atomic E-state index is 2.32. The molecule has 1 heterocycles. The zero-order valence-electron chi connectivity index (χ0n) is 12.2. The number of fused-ring (bicyclic) bond motifs is 1. The monoisotopic (exact) mass is 296 g/mol. The Labute approximate surface area is 122 Å². The molecule has 0 saturated carbocycles. The molecular formula is C16H25OPS. The molecule has 0 aliphatic heterocycles. The van der Waals surface area contributed by atoms with Crippen LogP contribution in [0.3, 0.4) is 0 Å². The normalized spacial score (nSPS) is 10.9. The van der Waals surface area contributed by atoms with Crippen LogP contribution in [0.4, 0.5) is 0 Å². The van der Waals surface area contributed by atoms with Gasteiger partial charge in [0.25, 0.3) is 0 Å². The van der Waals surface area contributed by atoms with Gasteiger partial charge in [-0.2, -0.15) is 0 Å². The lowest BCUT2D eigenvalue weighted by molar-refractivity contribution is 0.824. The van der Waals surface area contributed by atoms with Crippen molar-refractivity contribution in [2.45, 2.75) is 39.8 Å².